The Balaban J connectivity index is 1.90. The van der Waals surface area contributed by atoms with E-state index in [-0.39, 0.29) is 4.75 Å². The molecule has 1 aliphatic rings. The average molecular weight is 415 g/mol. The molecular formula is C17H14BrCl2NS. The predicted molar refractivity (Wildman–Crippen MR) is 101 cm³/mol. The lowest BCUT2D eigenvalue weighted by molar-refractivity contribution is 0.741. The number of benzene rings is 2. The van der Waals surface area contributed by atoms with Crippen molar-refractivity contribution in [2.24, 2.45) is 4.40 Å². The van der Waals surface area contributed by atoms with Crippen molar-refractivity contribution in [1.82, 2.24) is 0 Å². The minimum atomic E-state index is -0.134. The molecule has 0 aliphatic carbocycles. The zero-order valence-electron chi connectivity index (χ0n) is 12.2. The van der Waals surface area contributed by atoms with E-state index in [4.69, 9.17) is 27.6 Å². The summed E-state index contributed by atoms with van der Waals surface area (Å²) in [5.74, 6) is 0. The van der Waals surface area contributed by atoms with E-state index in [9.17, 15) is 0 Å². The first-order valence-corrected chi connectivity index (χ1v) is 9.18. The maximum absolute atomic E-state index is 6.15. The van der Waals surface area contributed by atoms with Crippen molar-refractivity contribution in [2.75, 3.05) is 0 Å². The summed E-state index contributed by atoms with van der Waals surface area (Å²) in [4.78, 5) is 0. The Morgan fingerprint density at radius 2 is 1.82 bits per heavy atom. The minimum Gasteiger partial charge on any atom is -0.220 e. The summed E-state index contributed by atoms with van der Waals surface area (Å²) >= 11 is 17.4. The van der Waals surface area contributed by atoms with Crippen molar-refractivity contribution in [1.29, 1.82) is 0 Å². The lowest BCUT2D eigenvalue weighted by Crippen LogP contribution is -2.17. The molecule has 0 spiro atoms. The summed E-state index contributed by atoms with van der Waals surface area (Å²) < 4.78 is 5.68. The van der Waals surface area contributed by atoms with Gasteiger partial charge in [0.25, 0.3) is 0 Å². The normalized spacial score (nSPS) is 21.0. The molecule has 1 aliphatic heterocycles. The Morgan fingerprint density at radius 1 is 1.14 bits per heavy atom. The summed E-state index contributed by atoms with van der Waals surface area (Å²) in [7, 11) is 0. The van der Waals surface area contributed by atoms with Crippen LogP contribution in [0.4, 0.5) is 0 Å². The second kappa shape index (κ2) is 6.20. The molecule has 2 aromatic rings. The number of hydrogen-bond donors (Lipinski definition) is 0. The van der Waals surface area contributed by atoms with Crippen LogP contribution < -0.4 is 0 Å². The Kier molecular flexibility index (Phi) is 4.61. The molecule has 0 saturated carbocycles. The quantitative estimate of drug-likeness (QED) is 0.491. The van der Waals surface area contributed by atoms with E-state index in [1.54, 1.807) is 18.0 Å². The highest BCUT2D eigenvalue weighted by Crippen LogP contribution is 2.47. The molecule has 0 bridgehead atoms. The molecule has 0 amide bonds. The molecule has 1 atom stereocenters. The maximum Gasteiger partial charge on any atom is 0.0655 e. The van der Waals surface area contributed by atoms with E-state index in [0.717, 1.165) is 22.2 Å². The number of halogens is 3. The molecule has 5 heteroatoms. The van der Waals surface area contributed by atoms with Gasteiger partial charge in [-0.1, -0.05) is 45.2 Å². The van der Waals surface area contributed by atoms with Gasteiger partial charge in [0.2, 0.25) is 0 Å². The smallest absolute Gasteiger partial charge is 0.0655 e. The average Bonchev–Trinajstić information content (AvgIpc) is 2.85. The van der Waals surface area contributed by atoms with Crippen LogP contribution in [0, 0.1) is 6.92 Å². The first kappa shape index (κ1) is 16.4. The van der Waals surface area contributed by atoms with Gasteiger partial charge < -0.3 is 0 Å². The summed E-state index contributed by atoms with van der Waals surface area (Å²) in [5.41, 5.74) is 4.61. The van der Waals surface area contributed by atoms with Gasteiger partial charge in [-0.05, 0) is 72.8 Å². The number of aryl methyl sites for hydroxylation is 1. The Hall–Kier alpha value is -0.480. The van der Waals surface area contributed by atoms with E-state index in [1.807, 2.05) is 12.1 Å². The molecule has 3 rings (SSSR count). The van der Waals surface area contributed by atoms with Gasteiger partial charge in [-0.25, -0.2) is 4.40 Å². The van der Waals surface area contributed by atoms with Crippen molar-refractivity contribution in [3.63, 3.8) is 0 Å². The van der Waals surface area contributed by atoms with Crippen LogP contribution in [0.25, 0.3) is 0 Å². The van der Waals surface area contributed by atoms with Crippen molar-refractivity contribution < 1.29 is 0 Å². The number of nitrogens with zero attached hydrogens (tertiary/aromatic N) is 1. The molecule has 0 saturated heterocycles. The third-order valence-corrected chi connectivity index (χ3v) is 6.25. The van der Waals surface area contributed by atoms with Crippen LogP contribution >= 0.6 is 51.1 Å². The molecule has 2 aromatic carbocycles. The van der Waals surface area contributed by atoms with Crippen LogP contribution in [-0.2, 0) is 4.75 Å². The van der Waals surface area contributed by atoms with E-state index in [0.29, 0.717) is 10.0 Å². The minimum absolute atomic E-state index is 0.134. The fraction of sp³-hybridized carbons (Fsp3) is 0.235. The van der Waals surface area contributed by atoms with E-state index in [1.165, 1.54) is 11.1 Å². The van der Waals surface area contributed by atoms with Crippen LogP contribution in [0.5, 0.6) is 0 Å². The first-order valence-electron chi connectivity index (χ1n) is 6.85. The van der Waals surface area contributed by atoms with E-state index >= 15 is 0 Å². The molecule has 1 heterocycles. The van der Waals surface area contributed by atoms with E-state index in [2.05, 4.69) is 48.0 Å². The molecule has 114 valence electrons. The third-order valence-electron chi connectivity index (χ3n) is 3.83. The van der Waals surface area contributed by atoms with Gasteiger partial charge in [0.1, 0.15) is 0 Å². The summed E-state index contributed by atoms with van der Waals surface area (Å²) in [6, 6.07) is 12.1. The van der Waals surface area contributed by atoms with E-state index < -0.39 is 0 Å². The first-order chi connectivity index (χ1) is 10.4. The van der Waals surface area contributed by atoms with Crippen LogP contribution in [0.1, 0.15) is 30.0 Å². The second-order valence-corrected chi connectivity index (χ2v) is 8.65. The van der Waals surface area contributed by atoms with Crippen molar-refractivity contribution in [3.05, 3.63) is 67.6 Å². The number of rotatable bonds is 2. The number of hydrogen-bond acceptors (Lipinski definition) is 2. The summed E-state index contributed by atoms with van der Waals surface area (Å²) in [6.45, 7) is 4.27. The molecule has 0 aromatic heterocycles. The van der Waals surface area contributed by atoms with Gasteiger partial charge in [0.15, 0.2) is 0 Å². The lowest BCUT2D eigenvalue weighted by Gasteiger charge is -2.22. The van der Waals surface area contributed by atoms with Gasteiger partial charge in [-0.2, -0.15) is 0 Å². The maximum atomic E-state index is 6.15. The molecule has 0 fully saturated rings. The van der Waals surface area contributed by atoms with Crippen molar-refractivity contribution in [3.8, 4) is 0 Å². The van der Waals surface area contributed by atoms with Gasteiger partial charge >= 0.3 is 0 Å². The monoisotopic (exact) mass is 413 g/mol. The molecule has 1 unspecified atom stereocenters. The van der Waals surface area contributed by atoms with Crippen LogP contribution in [0.2, 0.25) is 10.0 Å². The van der Waals surface area contributed by atoms with Crippen molar-refractivity contribution in [2.45, 2.75) is 25.0 Å². The van der Waals surface area contributed by atoms with Gasteiger partial charge in [-0.3, -0.25) is 0 Å². The highest BCUT2D eigenvalue weighted by atomic mass is 79.9. The largest absolute Gasteiger partial charge is 0.220 e. The molecule has 22 heavy (non-hydrogen) atoms. The molecule has 0 radical (unpaired) electrons. The Labute approximate surface area is 153 Å². The topological polar surface area (TPSA) is 12.4 Å². The molecule has 0 N–H and O–H groups in total. The zero-order valence-corrected chi connectivity index (χ0v) is 16.1. The van der Waals surface area contributed by atoms with Crippen LogP contribution in [0.15, 0.2) is 45.3 Å². The van der Waals surface area contributed by atoms with Gasteiger partial charge in [-0.15, -0.1) is 0 Å². The van der Waals surface area contributed by atoms with Gasteiger partial charge in [0, 0.05) is 20.9 Å². The molecular weight excluding hydrogens is 401 g/mol. The molecule has 1 nitrogen and oxygen atoms in total. The highest BCUT2D eigenvalue weighted by molar-refractivity contribution is 9.10. The van der Waals surface area contributed by atoms with Crippen molar-refractivity contribution >= 4 is 56.8 Å². The second-order valence-electron chi connectivity index (χ2n) is 5.66. The standard InChI is InChI=1S/C17H14BrCl2NS/c1-10-5-11(3-4-15(10)18)16-9-17(2,22-21-16)12-6-13(19)8-14(20)7-12/h3-8H,9H2,1-2H3. The van der Waals surface area contributed by atoms with Crippen LogP contribution in [-0.4, -0.2) is 5.71 Å². The zero-order chi connectivity index (χ0) is 15.9. The summed E-state index contributed by atoms with van der Waals surface area (Å²) in [6.07, 6.45) is 0.857. The van der Waals surface area contributed by atoms with Gasteiger partial charge in [0.05, 0.1) is 10.5 Å². The predicted octanol–water partition coefficient (Wildman–Crippen LogP) is 6.82. The fourth-order valence-corrected chi connectivity index (χ4v) is 4.21. The lowest BCUT2D eigenvalue weighted by atomic mass is 9.91. The Morgan fingerprint density at radius 3 is 2.45 bits per heavy atom. The summed E-state index contributed by atoms with van der Waals surface area (Å²) in [5, 5.41) is 1.33. The Bertz CT molecular complexity index is 755. The third kappa shape index (κ3) is 3.23. The SMILES string of the molecule is Cc1cc(C2=NSC(C)(c3cc(Cl)cc(Cl)c3)C2)ccc1Br. The fourth-order valence-electron chi connectivity index (χ4n) is 2.53. The highest BCUT2D eigenvalue weighted by Gasteiger charge is 2.35. The van der Waals surface area contributed by atoms with Crippen LogP contribution in [0.3, 0.4) is 0 Å².